The lowest BCUT2D eigenvalue weighted by atomic mass is 9.97. The first-order valence-corrected chi connectivity index (χ1v) is 11.0. The average Bonchev–Trinajstić information content (AvgIpc) is 3.57. The van der Waals surface area contributed by atoms with Gasteiger partial charge in [-0.15, -0.1) is 10.2 Å². The summed E-state index contributed by atoms with van der Waals surface area (Å²) in [6, 6.07) is 3.68. The summed E-state index contributed by atoms with van der Waals surface area (Å²) in [6.45, 7) is 1.20. The monoisotopic (exact) mass is 455 g/mol. The van der Waals surface area contributed by atoms with E-state index < -0.39 is 11.2 Å². The third-order valence-electron chi connectivity index (χ3n) is 5.89. The van der Waals surface area contributed by atoms with E-state index in [1.165, 1.54) is 33.8 Å². The zero-order chi connectivity index (χ0) is 22.4. The van der Waals surface area contributed by atoms with Crippen LogP contribution in [0.2, 0.25) is 0 Å². The molecule has 12 heteroatoms. The molecule has 5 heterocycles. The molecule has 0 spiro atoms. The third-order valence-corrected chi connectivity index (χ3v) is 6.99. The minimum atomic E-state index is -0.462. The van der Waals surface area contributed by atoms with Crippen LogP contribution < -0.4 is 11.2 Å². The van der Waals surface area contributed by atoms with Crippen LogP contribution in [0.5, 0.6) is 0 Å². The Labute approximate surface area is 185 Å². The number of fused-ring (bicyclic) bond motifs is 1. The number of likely N-dealkylation sites (tertiary alicyclic amines) is 1. The van der Waals surface area contributed by atoms with Gasteiger partial charge in [0.25, 0.3) is 5.56 Å². The molecule has 1 saturated heterocycles. The van der Waals surface area contributed by atoms with E-state index in [4.69, 9.17) is 4.42 Å². The number of aryl methyl sites for hydroxylation is 1. The van der Waals surface area contributed by atoms with Crippen LogP contribution in [0, 0.1) is 0 Å². The average molecular weight is 456 g/mol. The quantitative estimate of drug-likeness (QED) is 0.449. The van der Waals surface area contributed by atoms with Crippen LogP contribution >= 0.6 is 11.3 Å². The Morgan fingerprint density at radius 1 is 1.19 bits per heavy atom. The molecule has 4 aromatic rings. The van der Waals surface area contributed by atoms with Gasteiger partial charge in [0.05, 0.1) is 12.6 Å². The molecule has 0 saturated carbocycles. The number of rotatable bonds is 4. The highest BCUT2D eigenvalue weighted by Crippen LogP contribution is 2.33. The third kappa shape index (κ3) is 3.36. The summed E-state index contributed by atoms with van der Waals surface area (Å²) in [5, 5.41) is 10.3. The number of aromatic nitrogens is 6. The molecule has 0 aliphatic carbocycles. The van der Waals surface area contributed by atoms with Crippen molar-refractivity contribution in [2.24, 2.45) is 14.1 Å². The van der Waals surface area contributed by atoms with Crippen molar-refractivity contribution in [3.05, 3.63) is 50.6 Å². The number of furan rings is 1. The van der Waals surface area contributed by atoms with E-state index in [2.05, 4.69) is 15.2 Å². The molecule has 1 amide bonds. The van der Waals surface area contributed by atoms with Gasteiger partial charge in [-0.1, -0.05) is 11.3 Å². The van der Waals surface area contributed by atoms with Crippen LogP contribution in [0.1, 0.15) is 23.8 Å². The van der Waals surface area contributed by atoms with Gasteiger partial charge in [-0.3, -0.25) is 18.7 Å². The lowest BCUT2D eigenvalue weighted by molar-refractivity contribution is -0.132. The Bertz CT molecular complexity index is 1400. The van der Waals surface area contributed by atoms with Gasteiger partial charge in [0.1, 0.15) is 11.6 Å². The maximum absolute atomic E-state index is 12.9. The summed E-state index contributed by atoms with van der Waals surface area (Å²) < 4.78 is 9.23. The highest BCUT2D eigenvalue weighted by atomic mass is 32.1. The van der Waals surface area contributed by atoms with Crippen molar-refractivity contribution >= 4 is 28.4 Å². The molecule has 4 aromatic heterocycles. The van der Waals surface area contributed by atoms with E-state index >= 15 is 0 Å². The van der Waals surface area contributed by atoms with Gasteiger partial charge in [-0.2, -0.15) is 0 Å². The second kappa shape index (κ2) is 7.86. The lowest BCUT2D eigenvalue weighted by Gasteiger charge is -2.31. The molecule has 1 aliphatic rings. The van der Waals surface area contributed by atoms with E-state index in [-0.39, 0.29) is 29.5 Å². The summed E-state index contributed by atoms with van der Waals surface area (Å²) in [7, 11) is 2.97. The van der Waals surface area contributed by atoms with Gasteiger partial charge in [-0.25, -0.2) is 9.78 Å². The van der Waals surface area contributed by atoms with Crippen LogP contribution in [-0.2, 0) is 25.4 Å². The summed E-state index contributed by atoms with van der Waals surface area (Å²) >= 11 is 1.52. The van der Waals surface area contributed by atoms with Gasteiger partial charge < -0.3 is 13.9 Å². The largest absolute Gasteiger partial charge is 0.462 e. The van der Waals surface area contributed by atoms with Crippen LogP contribution in [0.15, 0.2) is 38.7 Å². The number of hydrogen-bond donors (Lipinski definition) is 0. The molecule has 166 valence electrons. The van der Waals surface area contributed by atoms with Crippen LogP contribution in [0.4, 0.5) is 0 Å². The van der Waals surface area contributed by atoms with Gasteiger partial charge in [-0.05, 0) is 25.0 Å². The van der Waals surface area contributed by atoms with Crippen molar-refractivity contribution in [1.82, 2.24) is 33.8 Å². The zero-order valence-electron chi connectivity index (χ0n) is 17.6. The Kier molecular flexibility index (Phi) is 5.00. The number of amides is 1. The molecule has 0 radical (unpaired) electrons. The zero-order valence-corrected chi connectivity index (χ0v) is 18.4. The van der Waals surface area contributed by atoms with E-state index in [0.29, 0.717) is 18.8 Å². The first-order valence-electron chi connectivity index (χ1n) is 10.2. The maximum atomic E-state index is 12.9. The van der Waals surface area contributed by atoms with Crippen molar-refractivity contribution in [3.63, 3.8) is 0 Å². The molecule has 0 aromatic carbocycles. The number of imidazole rings is 1. The van der Waals surface area contributed by atoms with Gasteiger partial charge >= 0.3 is 5.69 Å². The van der Waals surface area contributed by atoms with Crippen LogP contribution in [-0.4, -0.2) is 52.8 Å². The minimum Gasteiger partial charge on any atom is -0.462 e. The Morgan fingerprint density at radius 3 is 2.69 bits per heavy atom. The van der Waals surface area contributed by atoms with Gasteiger partial charge in [0.15, 0.2) is 21.9 Å². The first kappa shape index (κ1) is 20.4. The van der Waals surface area contributed by atoms with Crippen molar-refractivity contribution < 1.29 is 9.21 Å². The predicted molar refractivity (Wildman–Crippen MR) is 116 cm³/mol. The maximum Gasteiger partial charge on any atom is 0.332 e. The molecule has 1 fully saturated rings. The Hall–Kier alpha value is -3.54. The fourth-order valence-corrected chi connectivity index (χ4v) is 5.02. The second-order valence-electron chi connectivity index (χ2n) is 7.83. The Balaban J connectivity index is 1.28. The van der Waals surface area contributed by atoms with Crippen molar-refractivity contribution in [2.45, 2.75) is 25.3 Å². The summed E-state index contributed by atoms with van der Waals surface area (Å²) in [5.41, 5.74) is -0.394. The standard InChI is InChI=1S/C20H21N7O4S/c1-24-16-15(19(29)25(2)20(24)30)27(11-21-16)10-14(28)26-7-5-12(6-8-26)17-22-23-18(32-17)13-4-3-9-31-13/h3-4,9,11-12H,5-8,10H2,1-2H3. The summed E-state index contributed by atoms with van der Waals surface area (Å²) in [5.74, 6) is 0.862. The van der Waals surface area contributed by atoms with Crippen LogP contribution in [0.3, 0.4) is 0 Å². The lowest BCUT2D eigenvalue weighted by Crippen LogP contribution is -2.40. The Morgan fingerprint density at radius 2 is 1.97 bits per heavy atom. The first-order chi connectivity index (χ1) is 15.4. The molecule has 5 rings (SSSR count). The molecular weight excluding hydrogens is 434 g/mol. The number of hydrogen-bond acceptors (Lipinski definition) is 8. The van der Waals surface area contributed by atoms with Crippen molar-refractivity contribution in [1.29, 1.82) is 0 Å². The van der Waals surface area contributed by atoms with E-state index in [9.17, 15) is 14.4 Å². The summed E-state index contributed by atoms with van der Waals surface area (Å²) in [6.07, 6.45) is 4.63. The number of carbonyl (C=O) groups excluding carboxylic acids is 1. The van der Waals surface area contributed by atoms with Gasteiger partial charge in [0.2, 0.25) is 5.91 Å². The topological polar surface area (TPSA) is 121 Å². The van der Waals surface area contributed by atoms with Crippen molar-refractivity contribution in [3.8, 4) is 10.8 Å². The normalized spacial score (nSPS) is 15.0. The second-order valence-corrected chi connectivity index (χ2v) is 8.84. The SMILES string of the molecule is Cn1c(=O)c2c(ncn2CC(=O)N2CCC(c3nnc(-c4ccco4)s3)CC2)n(C)c1=O. The van der Waals surface area contributed by atoms with Crippen LogP contribution in [0.25, 0.3) is 21.9 Å². The molecule has 0 atom stereocenters. The minimum absolute atomic E-state index is 0.00391. The molecular formula is C20H21N7O4S. The highest BCUT2D eigenvalue weighted by Gasteiger charge is 2.27. The molecule has 32 heavy (non-hydrogen) atoms. The smallest absolute Gasteiger partial charge is 0.332 e. The molecule has 11 nitrogen and oxygen atoms in total. The fraction of sp³-hybridized carbons (Fsp3) is 0.400. The van der Waals surface area contributed by atoms with Crippen molar-refractivity contribution in [2.75, 3.05) is 13.1 Å². The number of nitrogens with zero attached hydrogens (tertiary/aromatic N) is 7. The fourth-order valence-electron chi connectivity index (χ4n) is 4.04. The molecule has 1 aliphatic heterocycles. The van der Waals surface area contributed by atoms with Gasteiger partial charge in [0, 0.05) is 33.1 Å². The van der Waals surface area contributed by atoms with E-state index in [1.807, 2.05) is 12.1 Å². The number of carbonyl (C=O) groups is 1. The molecule has 0 N–H and O–H groups in total. The molecule has 0 unspecified atom stereocenters. The predicted octanol–water partition coefficient (Wildman–Crippen LogP) is 0.951. The summed E-state index contributed by atoms with van der Waals surface area (Å²) in [4.78, 5) is 43.6. The highest BCUT2D eigenvalue weighted by molar-refractivity contribution is 7.14. The van der Waals surface area contributed by atoms with E-state index in [1.54, 1.807) is 18.2 Å². The van der Waals surface area contributed by atoms with E-state index in [0.717, 1.165) is 27.4 Å². The molecule has 0 bridgehead atoms. The number of piperidine rings is 1.